The van der Waals surface area contributed by atoms with Crippen LogP contribution in [0, 0.1) is 6.92 Å². The molecule has 2 heterocycles. The lowest BCUT2D eigenvalue weighted by molar-refractivity contribution is -0.114. The number of hydrogen-bond acceptors (Lipinski definition) is 4. The Morgan fingerprint density at radius 1 is 1.21 bits per heavy atom. The fourth-order valence-corrected chi connectivity index (χ4v) is 3.26. The van der Waals surface area contributed by atoms with Crippen molar-refractivity contribution >= 4 is 11.6 Å². The number of benzene rings is 1. The molecular weight excluding hydrogens is 366 g/mol. The van der Waals surface area contributed by atoms with E-state index < -0.39 is 0 Å². The quantitative estimate of drug-likeness (QED) is 0.489. The molecule has 0 bridgehead atoms. The maximum absolute atomic E-state index is 11.1. The second kappa shape index (κ2) is 10.6. The number of nitrogens with one attached hydrogen (secondary N) is 1. The summed E-state index contributed by atoms with van der Waals surface area (Å²) in [7, 11) is 0. The van der Waals surface area contributed by atoms with E-state index in [4.69, 9.17) is 9.15 Å². The van der Waals surface area contributed by atoms with Gasteiger partial charge in [-0.1, -0.05) is 12.1 Å². The van der Waals surface area contributed by atoms with Gasteiger partial charge in [0.2, 0.25) is 5.91 Å². The van der Waals surface area contributed by atoms with Crippen molar-refractivity contribution in [3.05, 3.63) is 72.2 Å². The molecule has 29 heavy (non-hydrogen) atoms. The molecule has 3 aromatic rings. The van der Waals surface area contributed by atoms with Gasteiger partial charge < -0.3 is 19.0 Å². The molecule has 0 aliphatic carbocycles. The van der Waals surface area contributed by atoms with Gasteiger partial charge in [-0.05, 0) is 56.0 Å². The highest BCUT2D eigenvalue weighted by atomic mass is 16.5. The van der Waals surface area contributed by atoms with Crippen molar-refractivity contribution in [2.45, 2.75) is 52.2 Å². The van der Waals surface area contributed by atoms with Crippen LogP contribution in [0.4, 0.5) is 5.69 Å². The third kappa shape index (κ3) is 7.23. The average molecular weight is 396 g/mol. The number of aryl methyl sites for hydroxylation is 3. The minimum Gasteiger partial charge on any atom is -0.466 e. The molecule has 3 rings (SSSR count). The maximum Gasteiger partial charge on any atom is 0.221 e. The Kier molecular flexibility index (Phi) is 7.64. The number of nitrogens with zero attached hydrogens (tertiary/aromatic N) is 2. The van der Waals surface area contributed by atoms with Gasteiger partial charge in [-0.3, -0.25) is 4.79 Å². The molecule has 1 aromatic carbocycles. The lowest BCUT2D eigenvalue weighted by atomic mass is 10.1. The Labute approximate surface area is 171 Å². The van der Waals surface area contributed by atoms with Gasteiger partial charge in [0, 0.05) is 44.6 Å². The number of carbonyl (C=O) groups is 1. The number of amides is 1. The van der Waals surface area contributed by atoms with Gasteiger partial charge in [0.15, 0.2) is 0 Å². The van der Waals surface area contributed by atoms with Gasteiger partial charge in [0.1, 0.15) is 11.5 Å². The van der Waals surface area contributed by atoms with Crippen LogP contribution in [-0.4, -0.2) is 28.2 Å². The summed E-state index contributed by atoms with van der Waals surface area (Å²) in [5, 5.41) is 2.79. The summed E-state index contributed by atoms with van der Waals surface area (Å²) < 4.78 is 13.9. The predicted molar refractivity (Wildman–Crippen MR) is 113 cm³/mol. The SMILES string of the molecule is CC(=O)Nc1ccc(CCCOC(CCc2ccc(C)o2)Cn2ccnc2)cc1. The van der Waals surface area contributed by atoms with Gasteiger partial charge >= 0.3 is 0 Å². The molecule has 0 fully saturated rings. The smallest absolute Gasteiger partial charge is 0.221 e. The lowest BCUT2D eigenvalue weighted by Gasteiger charge is -2.18. The average Bonchev–Trinajstić information content (AvgIpc) is 3.35. The van der Waals surface area contributed by atoms with Crippen LogP contribution in [0.25, 0.3) is 0 Å². The van der Waals surface area contributed by atoms with Gasteiger partial charge in [-0.15, -0.1) is 0 Å². The van der Waals surface area contributed by atoms with Crippen LogP contribution in [0.1, 0.15) is 36.8 Å². The largest absolute Gasteiger partial charge is 0.466 e. The first-order chi connectivity index (χ1) is 14.1. The van der Waals surface area contributed by atoms with Gasteiger partial charge in [-0.2, -0.15) is 0 Å². The molecule has 0 aliphatic heterocycles. The molecule has 1 N–H and O–H groups in total. The summed E-state index contributed by atoms with van der Waals surface area (Å²) in [5.41, 5.74) is 2.06. The normalized spacial score (nSPS) is 12.1. The van der Waals surface area contributed by atoms with Crippen LogP contribution in [-0.2, 0) is 28.9 Å². The van der Waals surface area contributed by atoms with Crippen molar-refractivity contribution in [3.63, 3.8) is 0 Å². The van der Waals surface area contributed by atoms with Crippen LogP contribution in [0.2, 0.25) is 0 Å². The van der Waals surface area contributed by atoms with Crippen LogP contribution >= 0.6 is 0 Å². The molecule has 1 atom stereocenters. The summed E-state index contributed by atoms with van der Waals surface area (Å²) >= 11 is 0. The van der Waals surface area contributed by atoms with E-state index in [1.807, 2.05) is 55.8 Å². The number of ether oxygens (including phenoxy) is 1. The number of aromatic nitrogens is 2. The summed E-state index contributed by atoms with van der Waals surface area (Å²) in [5.74, 6) is 1.89. The van der Waals surface area contributed by atoms with Crippen molar-refractivity contribution in [3.8, 4) is 0 Å². The van der Waals surface area contributed by atoms with Crippen molar-refractivity contribution in [1.29, 1.82) is 0 Å². The van der Waals surface area contributed by atoms with E-state index in [1.165, 1.54) is 12.5 Å². The maximum atomic E-state index is 11.1. The molecule has 0 aliphatic rings. The molecule has 0 radical (unpaired) electrons. The minimum absolute atomic E-state index is 0.0557. The van der Waals surface area contributed by atoms with Crippen LogP contribution in [0.5, 0.6) is 0 Å². The summed E-state index contributed by atoms with van der Waals surface area (Å²) in [4.78, 5) is 15.2. The lowest BCUT2D eigenvalue weighted by Crippen LogP contribution is -2.21. The van der Waals surface area contributed by atoms with Crippen molar-refractivity contribution in [2.75, 3.05) is 11.9 Å². The first kappa shape index (κ1) is 20.9. The number of carbonyl (C=O) groups excluding carboxylic acids is 1. The number of anilines is 1. The van der Waals surface area contributed by atoms with E-state index in [1.54, 1.807) is 6.20 Å². The fourth-order valence-electron chi connectivity index (χ4n) is 3.26. The monoisotopic (exact) mass is 395 g/mol. The number of furan rings is 1. The molecule has 0 saturated heterocycles. The van der Waals surface area contributed by atoms with Gasteiger partial charge in [0.05, 0.1) is 12.4 Å². The molecule has 154 valence electrons. The van der Waals surface area contributed by atoms with Crippen LogP contribution < -0.4 is 5.32 Å². The fraction of sp³-hybridized carbons (Fsp3) is 0.391. The van der Waals surface area contributed by atoms with Gasteiger partial charge in [-0.25, -0.2) is 4.98 Å². The highest BCUT2D eigenvalue weighted by Gasteiger charge is 2.12. The predicted octanol–water partition coefficient (Wildman–Crippen LogP) is 4.39. The molecule has 0 saturated carbocycles. The zero-order valence-electron chi connectivity index (χ0n) is 17.1. The zero-order valence-corrected chi connectivity index (χ0v) is 17.1. The van der Waals surface area contributed by atoms with Crippen molar-refractivity contribution in [1.82, 2.24) is 9.55 Å². The Balaban J connectivity index is 1.45. The van der Waals surface area contributed by atoms with E-state index in [2.05, 4.69) is 14.9 Å². The topological polar surface area (TPSA) is 69.3 Å². The van der Waals surface area contributed by atoms with E-state index >= 15 is 0 Å². The van der Waals surface area contributed by atoms with Crippen LogP contribution in [0.15, 0.2) is 59.5 Å². The molecule has 6 heteroatoms. The molecule has 0 spiro atoms. The van der Waals surface area contributed by atoms with E-state index in [0.717, 1.165) is 49.4 Å². The Bertz CT molecular complexity index is 869. The molecular formula is C23H29N3O3. The Hall–Kier alpha value is -2.86. The Morgan fingerprint density at radius 3 is 2.69 bits per heavy atom. The van der Waals surface area contributed by atoms with Gasteiger partial charge in [0.25, 0.3) is 0 Å². The highest BCUT2D eigenvalue weighted by Crippen LogP contribution is 2.14. The van der Waals surface area contributed by atoms with E-state index in [9.17, 15) is 4.79 Å². The zero-order chi connectivity index (χ0) is 20.5. The number of hydrogen-bond donors (Lipinski definition) is 1. The molecule has 2 aromatic heterocycles. The first-order valence-corrected chi connectivity index (χ1v) is 10.1. The summed E-state index contributed by atoms with van der Waals surface area (Å²) in [6, 6.07) is 12.0. The summed E-state index contributed by atoms with van der Waals surface area (Å²) in [6.45, 7) is 4.96. The van der Waals surface area contributed by atoms with E-state index in [-0.39, 0.29) is 12.0 Å². The molecule has 6 nitrogen and oxygen atoms in total. The van der Waals surface area contributed by atoms with E-state index in [0.29, 0.717) is 6.61 Å². The minimum atomic E-state index is -0.0557. The second-order valence-electron chi connectivity index (χ2n) is 7.28. The van der Waals surface area contributed by atoms with Crippen molar-refractivity contribution < 1.29 is 13.9 Å². The van der Waals surface area contributed by atoms with Crippen molar-refractivity contribution in [2.24, 2.45) is 0 Å². The Morgan fingerprint density at radius 2 is 2.03 bits per heavy atom. The highest BCUT2D eigenvalue weighted by molar-refractivity contribution is 5.88. The first-order valence-electron chi connectivity index (χ1n) is 10.1. The number of rotatable bonds is 11. The van der Waals surface area contributed by atoms with Crippen LogP contribution in [0.3, 0.4) is 0 Å². The second-order valence-corrected chi connectivity index (χ2v) is 7.28. The standard InChI is InChI=1S/C23H29N3O3/c1-18-5-10-22(29-18)11-12-23(16-26-14-13-24-17-26)28-15-3-4-20-6-8-21(9-7-20)25-19(2)27/h5-10,13-14,17,23H,3-4,11-12,15-16H2,1-2H3,(H,25,27). The third-order valence-corrected chi connectivity index (χ3v) is 4.72. The summed E-state index contributed by atoms with van der Waals surface area (Å²) in [6.07, 6.45) is 9.33. The third-order valence-electron chi connectivity index (χ3n) is 4.72. The number of imidazole rings is 1. The molecule has 1 amide bonds. The molecule has 1 unspecified atom stereocenters.